The van der Waals surface area contributed by atoms with E-state index in [-0.39, 0.29) is 33.5 Å². The van der Waals surface area contributed by atoms with E-state index in [1.165, 1.54) is 24.4 Å². The first kappa shape index (κ1) is 24.4. The summed E-state index contributed by atoms with van der Waals surface area (Å²) in [5, 5.41) is 12.8. The second kappa shape index (κ2) is 9.12. The predicted molar refractivity (Wildman–Crippen MR) is 130 cm³/mol. The highest BCUT2D eigenvalue weighted by Crippen LogP contribution is 2.35. The van der Waals surface area contributed by atoms with Crippen LogP contribution in [-0.4, -0.2) is 28.3 Å². The van der Waals surface area contributed by atoms with E-state index in [1.54, 1.807) is 39.3 Å². The van der Waals surface area contributed by atoms with E-state index in [9.17, 15) is 18.6 Å². The summed E-state index contributed by atoms with van der Waals surface area (Å²) in [5.41, 5.74) is 1.84. The molecule has 0 saturated heterocycles. The van der Waals surface area contributed by atoms with Crippen LogP contribution < -0.4 is 10.8 Å². The Balaban J connectivity index is 1.88. The third-order valence-corrected chi connectivity index (χ3v) is 6.95. The average Bonchev–Trinajstić information content (AvgIpc) is 2.80. The highest BCUT2D eigenvalue weighted by Gasteiger charge is 2.22. The number of rotatable bonds is 5. The monoisotopic (exact) mass is 495 g/mol. The van der Waals surface area contributed by atoms with Crippen molar-refractivity contribution in [3.8, 4) is 17.3 Å². The molecule has 178 valence electrons. The topological polar surface area (TPSA) is 91.6 Å². The van der Waals surface area contributed by atoms with Gasteiger partial charge in [-0.15, -0.1) is 0 Å². The first-order valence-electron chi connectivity index (χ1n) is 10.6. The molecule has 0 aliphatic heterocycles. The molecule has 3 heterocycles. The van der Waals surface area contributed by atoms with Gasteiger partial charge in [0.15, 0.2) is 17.5 Å². The van der Waals surface area contributed by atoms with Crippen molar-refractivity contribution in [1.29, 1.82) is 5.26 Å². The zero-order valence-corrected chi connectivity index (χ0v) is 20.3. The number of aryl methyl sites for hydroxylation is 1. The molecule has 0 spiro atoms. The van der Waals surface area contributed by atoms with Crippen molar-refractivity contribution >= 4 is 29.3 Å². The molecule has 0 aliphatic carbocycles. The molecule has 4 rings (SSSR count). The Bertz CT molecular complexity index is 1540. The van der Waals surface area contributed by atoms with Crippen LogP contribution in [-0.2, 0) is 4.57 Å². The minimum absolute atomic E-state index is 0.0410. The molecular formula is C25H21F3N5OP. The summed E-state index contributed by atoms with van der Waals surface area (Å²) in [6.45, 7) is 6.38. The van der Waals surface area contributed by atoms with Crippen LogP contribution in [0.4, 0.5) is 18.9 Å². The second-order valence-electron chi connectivity index (χ2n) is 8.51. The van der Waals surface area contributed by atoms with Crippen LogP contribution in [0.3, 0.4) is 0 Å². The smallest absolute Gasteiger partial charge is 0.164 e. The number of halogens is 3. The summed E-state index contributed by atoms with van der Waals surface area (Å²) in [4.78, 5) is 12.9. The van der Waals surface area contributed by atoms with Crippen LogP contribution in [0.1, 0.15) is 29.8 Å². The molecule has 0 amide bonds. The lowest BCUT2D eigenvalue weighted by Gasteiger charge is -2.20. The summed E-state index contributed by atoms with van der Waals surface area (Å²) in [5.74, 6) is -2.65. The molecule has 1 unspecified atom stereocenters. The van der Waals surface area contributed by atoms with Crippen molar-refractivity contribution in [2.45, 2.75) is 19.9 Å². The minimum atomic E-state index is -2.60. The lowest BCUT2D eigenvalue weighted by Crippen LogP contribution is -2.13. The quantitative estimate of drug-likeness (QED) is 0.357. The highest BCUT2D eigenvalue weighted by molar-refractivity contribution is 7.69. The first-order valence-corrected chi connectivity index (χ1v) is 13.2. The Labute approximate surface area is 200 Å². The number of nitrogens with one attached hydrogen (secondary N) is 1. The van der Waals surface area contributed by atoms with Gasteiger partial charge in [0.25, 0.3) is 0 Å². The predicted octanol–water partition coefficient (Wildman–Crippen LogP) is 5.71. The summed E-state index contributed by atoms with van der Waals surface area (Å²) >= 11 is 0. The SMILES string of the molecule is Cc1nc2cc(F)c(-c3ccc(P(C)(C)=O)nc3)nc2c(NC(C)c2cccc(F)c2F)c1C#N. The number of aromatic nitrogens is 3. The standard InChI is InChI=1S/C25H21F3N5OP/c1-13(16-6-5-7-18(26)22(16)28)32-24-17(11-29)14(2)31-20-10-19(27)23(33-25(20)24)15-8-9-21(30-12-15)35(3,4)34/h5-10,12-13H,1-4H3,(H,31,32). The molecule has 0 aliphatic rings. The Hall–Kier alpha value is -3.76. The molecule has 0 fully saturated rings. The van der Waals surface area contributed by atoms with Gasteiger partial charge in [0.1, 0.15) is 24.4 Å². The molecule has 1 atom stereocenters. The van der Waals surface area contributed by atoms with E-state index in [4.69, 9.17) is 0 Å². The number of hydrogen-bond donors (Lipinski definition) is 1. The number of fused-ring (bicyclic) bond motifs is 1. The number of hydrogen-bond acceptors (Lipinski definition) is 6. The second-order valence-corrected chi connectivity index (χ2v) is 11.7. The van der Waals surface area contributed by atoms with Crippen molar-refractivity contribution in [2.24, 2.45) is 0 Å². The van der Waals surface area contributed by atoms with Crippen LogP contribution in [0, 0.1) is 35.7 Å². The molecule has 6 nitrogen and oxygen atoms in total. The normalized spacial score (nSPS) is 12.4. The zero-order valence-electron chi connectivity index (χ0n) is 19.4. The van der Waals surface area contributed by atoms with Crippen molar-refractivity contribution in [2.75, 3.05) is 18.6 Å². The van der Waals surface area contributed by atoms with Crippen LogP contribution in [0.25, 0.3) is 22.3 Å². The van der Waals surface area contributed by atoms with Gasteiger partial charge >= 0.3 is 0 Å². The lowest BCUT2D eigenvalue weighted by molar-refractivity contribution is 0.495. The van der Waals surface area contributed by atoms with E-state index in [2.05, 4.69) is 26.3 Å². The maximum atomic E-state index is 15.0. The van der Waals surface area contributed by atoms with Crippen molar-refractivity contribution in [3.63, 3.8) is 0 Å². The van der Waals surface area contributed by atoms with Crippen molar-refractivity contribution in [1.82, 2.24) is 15.0 Å². The Morgan fingerprint density at radius 1 is 1.09 bits per heavy atom. The summed E-state index contributed by atoms with van der Waals surface area (Å²) in [7, 11) is -2.60. The Kier molecular flexibility index (Phi) is 6.35. The Morgan fingerprint density at radius 2 is 1.83 bits per heavy atom. The van der Waals surface area contributed by atoms with E-state index in [0.29, 0.717) is 16.7 Å². The number of benzene rings is 1. The van der Waals surface area contributed by atoms with Crippen molar-refractivity contribution < 1.29 is 17.7 Å². The largest absolute Gasteiger partial charge is 0.375 e. The van der Waals surface area contributed by atoms with Gasteiger partial charge in [-0.1, -0.05) is 12.1 Å². The van der Waals surface area contributed by atoms with E-state index in [0.717, 1.165) is 6.07 Å². The minimum Gasteiger partial charge on any atom is -0.375 e. The zero-order chi connectivity index (χ0) is 25.5. The van der Waals surface area contributed by atoms with Crippen LogP contribution in [0.2, 0.25) is 0 Å². The third kappa shape index (κ3) is 4.62. The number of nitrogens with zero attached hydrogens (tertiary/aromatic N) is 4. The van der Waals surface area contributed by atoms with E-state index < -0.39 is 30.6 Å². The maximum absolute atomic E-state index is 15.0. The molecule has 0 saturated carbocycles. The first-order chi connectivity index (χ1) is 16.5. The van der Waals surface area contributed by atoms with Gasteiger partial charge < -0.3 is 9.88 Å². The van der Waals surface area contributed by atoms with Crippen LogP contribution >= 0.6 is 7.14 Å². The van der Waals surface area contributed by atoms with Crippen LogP contribution in [0.15, 0.2) is 42.6 Å². The summed E-state index contributed by atoms with van der Waals surface area (Å²) < 4.78 is 55.5. The van der Waals surface area contributed by atoms with Gasteiger partial charge in [0.2, 0.25) is 0 Å². The van der Waals surface area contributed by atoms with Gasteiger partial charge in [0, 0.05) is 23.4 Å². The third-order valence-electron chi connectivity index (χ3n) is 5.59. The fraction of sp³-hybridized carbons (Fsp3) is 0.200. The van der Waals surface area contributed by atoms with Crippen molar-refractivity contribution in [3.05, 3.63) is 76.9 Å². The van der Waals surface area contributed by atoms with Gasteiger partial charge in [-0.25, -0.2) is 23.1 Å². The highest BCUT2D eigenvalue weighted by atomic mass is 31.2. The molecule has 10 heteroatoms. The fourth-order valence-corrected chi connectivity index (χ4v) is 4.53. The summed E-state index contributed by atoms with van der Waals surface area (Å²) in [6.07, 6.45) is 1.39. The van der Waals surface area contributed by atoms with E-state index in [1.807, 2.05) is 0 Å². The molecule has 0 bridgehead atoms. The summed E-state index contributed by atoms with van der Waals surface area (Å²) in [6, 6.07) is 9.49. The molecule has 35 heavy (non-hydrogen) atoms. The van der Waals surface area contributed by atoms with Gasteiger partial charge in [-0.05, 0) is 45.4 Å². The number of nitriles is 1. The Morgan fingerprint density at radius 3 is 2.46 bits per heavy atom. The van der Waals surface area contributed by atoms with Crippen LogP contribution in [0.5, 0.6) is 0 Å². The van der Waals surface area contributed by atoms with Gasteiger partial charge in [-0.3, -0.25) is 4.98 Å². The average molecular weight is 495 g/mol. The molecular weight excluding hydrogens is 474 g/mol. The molecule has 1 N–H and O–H groups in total. The number of pyridine rings is 3. The molecule has 3 aromatic heterocycles. The number of anilines is 1. The molecule has 1 aromatic carbocycles. The fourth-order valence-electron chi connectivity index (χ4n) is 3.76. The molecule has 4 aromatic rings. The maximum Gasteiger partial charge on any atom is 0.164 e. The van der Waals surface area contributed by atoms with Gasteiger partial charge in [-0.2, -0.15) is 5.26 Å². The lowest BCUT2D eigenvalue weighted by atomic mass is 10.0. The molecule has 0 radical (unpaired) electrons. The van der Waals surface area contributed by atoms with E-state index >= 15 is 4.39 Å². The van der Waals surface area contributed by atoms with Gasteiger partial charge in [0.05, 0.1) is 33.9 Å².